The van der Waals surface area contributed by atoms with Gasteiger partial charge in [-0.05, 0) is 48.2 Å². The summed E-state index contributed by atoms with van der Waals surface area (Å²) >= 11 is 1.58. The maximum Gasteiger partial charge on any atom is 0.331 e. The van der Waals surface area contributed by atoms with Crippen molar-refractivity contribution in [2.75, 3.05) is 32.4 Å². The summed E-state index contributed by atoms with van der Waals surface area (Å²) in [6, 6.07) is 12.7. The lowest BCUT2D eigenvalue weighted by Gasteiger charge is -2.08. The van der Waals surface area contributed by atoms with Crippen LogP contribution >= 0.6 is 11.8 Å². The molecular formula is C20H21NO5S. The maximum absolute atomic E-state index is 11.9. The number of esters is 1. The van der Waals surface area contributed by atoms with Crippen LogP contribution < -0.4 is 14.8 Å². The predicted octanol–water partition coefficient (Wildman–Crippen LogP) is 3.62. The van der Waals surface area contributed by atoms with Gasteiger partial charge in [-0.2, -0.15) is 0 Å². The number of hydrogen-bond donors (Lipinski definition) is 1. The third-order valence-corrected chi connectivity index (χ3v) is 4.24. The normalized spacial score (nSPS) is 10.5. The second-order valence-corrected chi connectivity index (χ2v) is 6.22. The number of nitrogens with one attached hydrogen (secondary N) is 1. The summed E-state index contributed by atoms with van der Waals surface area (Å²) in [6.45, 7) is -0.362. The van der Waals surface area contributed by atoms with E-state index in [1.807, 2.05) is 24.5 Å². The second-order valence-electron chi connectivity index (χ2n) is 5.34. The smallest absolute Gasteiger partial charge is 0.331 e. The summed E-state index contributed by atoms with van der Waals surface area (Å²) < 4.78 is 15.3. The fourth-order valence-electron chi connectivity index (χ4n) is 2.20. The Labute approximate surface area is 162 Å². The van der Waals surface area contributed by atoms with Gasteiger partial charge >= 0.3 is 5.97 Å². The lowest BCUT2D eigenvalue weighted by atomic mass is 10.2. The van der Waals surface area contributed by atoms with Crippen LogP contribution in [0.5, 0.6) is 11.5 Å². The first kappa shape index (κ1) is 20.4. The van der Waals surface area contributed by atoms with Crippen LogP contribution in [0, 0.1) is 0 Å². The Hall–Kier alpha value is -2.93. The van der Waals surface area contributed by atoms with Gasteiger partial charge in [0.15, 0.2) is 18.1 Å². The Bertz CT molecular complexity index is 835. The number of anilines is 1. The summed E-state index contributed by atoms with van der Waals surface area (Å²) in [5.74, 6) is 0.137. The highest BCUT2D eigenvalue weighted by molar-refractivity contribution is 7.98. The Kier molecular flexibility index (Phi) is 7.76. The minimum Gasteiger partial charge on any atom is -0.493 e. The van der Waals surface area contributed by atoms with Crippen LogP contribution in [0.2, 0.25) is 0 Å². The Balaban J connectivity index is 1.86. The Morgan fingerprint density at radius 3 is 2.56 bits per heavy atom. The van der Waals surface area contributed by atoms with Gasteiger partial charge in [-0.1, -0.05) is 12.1 Å². The molecule has 0 heterocycles. The molecule has 2 rings (SSSR count). The van der Waals surface area contributed by atoms with Crippen LogP contribution in [-0.2, 0) is 14.3 Å². The number of hydrogen-bond acceptors (Lipinski definition) is 6. The molecular weight excluding hydrogens is 366 g/mol. The van der Waals surface area contributed by atoms with E-state index in [-0.39, 0.29) is 6.61 Å². The van der Waals surface area contributed by atoms with E-state index in [4.69, 9.17) is 14.2 Å². The van der Waals surface area contributed by atoms with Crippen LogP contribution in [0.3, 0.4) is 0 Å². The average molecular weight is 387 g/mol. The molecule has 0 aliphatic heterocycles. The van der Waals surface area contributed by atoms with Gasteiger partial charge in [-0.15, -0.1) is 11.8 Å². The first-order chi connectivity index (χ1) is 13.0. The first-order valence-corrected chi connectivity index (χ1v) is 9.29. The zero-order valence-electron chi connectivity index (χ0n) is 15.4. The molecule has 0 unspecified atom stereocenters. The highest BCUT2D eigenvalue weighted by atomic mass is 32.2. The van der Waals surface area contributed by atoms with Crippen molar-refractivity contribution in [3.8, 4) is 11.5 Å². The number of rotatable bonds is 8. The van der Waals surface area contributed by atoms with Crippen molar-refractivity contribution in [2.45, 2.75) is 4.90 Å². The van der Waals surface area contributed by atoms with E-state index in [9.17, 15) is 9.59 Å². The number of carbonyl (C=O) groups is 2. The van der Waals surface area contributed by atoms with Crippen molar-refractivity contribution in [2.24, 2.45) is 0 Å². The summed E-state index contributed by atoms with van der Waals surface area (Å²) in [7, 11) is 3.08. The molecule has 0 aromatic heterocycles. The fraction of sp³-hybridized carbons (Fsp3) is 0.200. The topological polar surface area (TPSA) is 73.9 Å². The molecule has 2 aromatic rings. The molecule has 6 nitrogen and oxygen atoms in total. The number of carbonyl (C=O) groups excluding carboxylic acids is 2. The van der Waals surface area contributed by atoms with Gasteiger partial charge in [-0.3, -0.25) is 4.79 Å². The largest absolute Gasteiger partial charge is 0.493 e. The number of methoxy groups -OCH3 is 2. The van der Waals surface area contributed by atoms with E-state index in [1.165, 1.54) is 13.2 Å². The molecule has 1 N–H and O–H groups in total. The third-order valence-electron chi connectivity index (χ3n) is 3.52. The molecule has 0 saturated carbocycles. The van der Waals surface area contributed by atoms with Gasteiger partial charge in [0.05, 0.1) is 14.2 Å². The van der Waals surface area contributed by atoms with Gasteiger partial charge in [0.1, 0.15) is 0 Å². The maximum atomic E-state index is 11.9. The third kappa shape index (κ3) is 6.38. The minimum absolute atomic E-state index is 0.362. The summed E-state index contributed by atoms with van der Waals surface area (Å²) in [5.41, 5.74) is 1.40. The van der Waals surface area contributed by atoms with Crippen molar-refractivity contribution in [3.63, 3.8) is 0 Å². The highest BCUT2D eigenvalue weighted by Crippen LogP contribution is 2.28. The number of thioether (sulfide) groups is 1. The number of ether oxygens (including phenoxy) is 3. The van der Waals surface area contributed by atoms with E-state index in [2.05, 4.69) is 5.32 Å². The summed E-state index contributed by atoms with van der Waals surface area (Å²) in [4.78, 5) is 24.7. The molecule has 0 aliphatic carbocycles. The molecule has 0 aliphatic rings. The quantitative estimate of drug-likeness (QED) is 0.424. The molecule has 0 saturated heterocycles. The molecule has 0 fully saturated rings. The van der Waals surface area contributed by atoms with Crippen molar-refractivity contribution in [1.29, 1.82) is 0 Å². The van der Waals surface area contributed by atoms with E-state index < -0.39 is 11.9 Å². The monoisotopic (exact) mass is 387 g/mol. The number of amides is 1. The Morgan fingerprint density at radius 2 is 1.85 bits per heavy atom. The molecule has 0 bridgehead atoms. The van der Waals surface area contributed by atoms with Gasteiger partial charge in [0.2, 0.25) is 0 Å². The van der Waals surface area contributed by atoms with Crippen LogP contribution in [0.4, 0.5) is 5.69 Å². The second kappa shape index (κ2) is 10.3. The average Bonchev–Trinajstić information content (AvgIpc) is 2.70. The molecule has 142 valence electrons. The number of benzene rings is 2. The lowest BCUT2D eigenvalue weighted by Crippen LogP contribution is -2.20. The molecule has 27 heavy (non-hydrogen) atoms. The highest BCUT2D eigenvalue weighted by Gasteiger charge is 2.07. The van der Waals surface area contributed by atoms with E-state index in [1.54, 1.807) is 49.2 Å². The molecule has 0 atom stereocenters. The van der Waals surface area contributed by atoms with Gasteiger partial charge < -0.3 is 19.5 Å². The van der Waals surface area contributed by atoms with Crippen molar-refractivity contribution >= 4 is 35.4 Å². The summed E-state index contributed by atoms with van der Waals surface area (Å²) in [5, 5.41) is 2.69. The van der Waals surface area contributed by atoms with Gasteiger partial charge in [0.25, 0.3) is 5.91 Å². The lowest BCUT2D eigenvalue weighted by molar-refractivity contribution is -0.142. The van der Waals surface area contributed by atoms with E-state index in [0.29, 0.717) is 17.2 Å². The standard InChI is InChI=1S/C20H21NO5S/c1-24-17-9-7-14(11-18(17)25-2)8-10-20(23)26-13-19(22)21-15-5-4-6-16(12-15)27-3/h4-12H,13H2,1-3H3,(H,21,22)/b10-8+. The predicted molar refractivity (Wildman–Crippen MR) is 106 cm³/mol. The van der Waals surface area contributed by atoms with Crippen LogP contribution in [-0.4, -0.2) is 39.0 Å². The first-order valence-electron chi connectivity index (χ1n) is 8.06. The zero-order valence-corrected chi connectivity index (χ0v) is 16.2. The van der Waals surface area contributed by atoms with E-state index >= 15 is 0 Å². The van der Waals surface area contributed by atoms with Crippen LogP contribution in [0.1, 0.15) is 5.56 Å². The molecule has 1 amide bonds. The van der Waals surface area contributed by atoms with Crippen LogP contribution in [0.25, 0.3) is 6.08 Å². The molecule has 0 spiro atoms. The SMILES string of the molecule is COc1ccc(/C=C/C(=O)OCC(=O)Nc2cccc(SC)c2)cc1OC. The fourth-order valence-corrected chi connectivity index (χ4v) is 2.66. The zero-order chi connectivity index (χ0) is 19.6. The van der Waals surface area contributed by atoms with E-state index in [0.717, 1.165) is 10.5 Å². The molecule has 7 heteroatoms. The Morgan fingerprint density at radius 1 is 1.07 bits per heavy atom. The molecule has 0 radical (unpaired) electrons. The minimum atomic E-state index is -0.613. The van der Waals surface area contributed by atoms with Crippen molar-refractivity contribution in [3.05, 3.63) is 54.1 Å². The van der Waals surface area contributed by atoms with Crippen molar-refractivity contribution in [1.82, 2.24) is 0 Å². The summed E-state index contributed by atoms with van der Waals surface area (Å²) in [6.07, 6.45) is 4.78. The van der Waals surface area contributed by atoms with Crippen LogP contribution in [0.15, 0.2) is 53.4 Å². The van der Waals surface area contributed by atoms with Gasteiger partial charge in [-0.25, -0.2) is 4.79 Å². The van der Waals surface area contributed by atoms with Crippen molar-refractivity contribution < 1.29 is 23.8 Å². The molecule has 2 aromatic carbocycles. The van der Waals surface area contributed by atoms with Gasteiger partial charge in [0, 0.05) is 16.7 Å².